The predicted molar refractivity (Wildman–Crippen MR) is 157 cm³/mol. The predicted octanol–water partition coefficient (Wildman–Crippen LogP) is 6.93. The van der Waals surface area contributed by atoms with Crippen molar-refractivity contribution in [3.63, 3.8) is 0 Å². The third kappa shape index (κ3) is 4.95. The number of nitrogens with zero attached hydrogens (tertiary/aromatic N) is 2. The molecule has 2 N–H and O–H groups in total. The second kappa shape index (κ2) is 10.5. The van der Waals surface area contributed by atoms with Crippen LogP contribution < -0.4 is 5.32 Å². The smallest absolute Gasteiger partial charge is 0.335 e. The Morgan fingerprint density at radius 1 is 0.850 bits per heavy atom. The summed E-state index contributed by atoms with van der Waals surface area (Å²) in [6, 6.07) is 34.7. The summed E-state index contributed by atoms with van der Waals surface area (Å²) in [5, 5.41) is 13.4. The van der Waals surface area contributed by atoms with Gasteiger partial charge >= 0.3 is 5.97 Å². The van der Waals surface area contributed by atoms with E-state index in [2.05, 4.69) is 46.7 Å². The molecular formula is C34H27N3O3. The quantitative estimate of drug-likeness (QED) is 0.237. The molecule has 40 heavy (non-hydrogen) atoms. The molecule has 0 spiro atoms. The first-order valence-electron chi connectivity index (χ1n) is 13.1. The van der Waals surface area contributed by atoms with E-state index < -0.39 is 5.97 Å². The number of fused-ring (bicyclic) bond motifs is 2. The molecule has 0 saturated heterocycles. The van der Waals surface area contributed by atoms with Crippen molar-refractivity contribution in [1.82, 2.24) is 14.7 Å². The molecule has 0 aliphatic heterocycles. The SMILES string of the molecule is C[C@H](NC(=O)c1cc(-c2ccccc2)cc2ccc(Cc3ccc4ncccc4c3)n12)c1ccc(C(=O)O)cc1. The third-order valence-electron chi connectivity index (χ3n) is 7.23. The number of carboxylic acid groups (broad SMARTS) is 1. The number of aromatic nitrogens is 2. The maximum Gasteiger partial charge on any atom is 0.335 e. The fraction of sp³-hybridized carbons (Fsp3) is 0.0882. The maximum atomic E-state index is 13.8. The molecule has 6 nitrogen and oxygen atoms in total. The van der Waals surface area contributed by atoms with Gasteiger partial charge in [-0.15, -0.1) is 0 Å². The van der Waals surface area contributed by atoms with Crippen molar-refractivity contribution in [2.75, 3.05) is 0 Å². The van der Waals surface area contributed by atoms with Crippen LogP contribution in [0, 0.1) is 0 Å². The van der Waals surface area contributed by atoms with Gasteiger partial charge in [-0.05, 0) is 83.8 Å². The van der Waals surface area contributed by atoms with E-state index in [0.29, 0.717) is 12.1 Å². The number of pyridine rings is 2. The second-order valence-corrected chi connectivity index (χ2v) is 9.91. The normalized spacial score (nSPS) is 11.9. The van der Waals surface area contributed by atoms with E-state index in [-0.39, 0.29) is 17.5 Å². The van der Waals surface area contributed by atoms with Crippen LogP contribution in [0.15, 0.2) is 115 Å². The van der Waals surface area contributed by atoms with Gasteiger partial charge in [0.15, 0.2) is 0 Å². The summed E-state index contributed by atoms with van der Waals surface area (Å²) in [5.74, 6) is -1.19. The molecule has 0 bridgehead atoms. The van der Waals surface area contributed by atoms with Crippen LogP contribution in [-0.4, -0.2) is 26.4 Å². The van der Waals surface area contributed by atoms with Gasteiger partial charge in [0.1, 0.15) is 5.69 Å². The molecule has 0 aliphatic rings. The van der Waals surface area contributed by atoms with Gasteiger partial charge in [0.05, 0.1) is 17.1 Å². The largest absolute Gasteiger partial charge is 0.478 e. The van der Waals surface area contributed by atoms with Gasteiger partial charge < -0.3 is 14.8 Å². The Morgan fingerprint density at radius 3 is 2.42 bits per heavy atom. The molecule has 3 heterocycles. The first-order chi connectivity index (χ1) is 19.5. The Hall–Kier alpha value is -5.23. The highest BCUT2D eigenvalue weighted by molar-refractivity contribution is 5.95. The molecule has 0 aliphatic carbocycles. The molecule has 6 aromatic rings. The highest BCUT2D eigenvalue weighted by atomic mass is 16.4. The van der Waals surface area contributed by atoms with Crippen molar-refractivity contribution in [1.29, 1.82) is 0 Å². The van der Waals surface area contributed by atoms with Crippen molar-refractivity contribution in [2.45, 2.75) is 19.4 Å². The van der Waals surface area contributed by atoms with E-state index in [4.69, 9.17) is 0 Å². The lowest BCUT2D eigenvalue weighted by atomic mass is 10.0. The van der Waals surface area contributed by atoms with E-state index in [0.717, 1.165) is 44.4 Å². The van der Waals surface area contributed by atoms with Crippen LogP contribution in [0.3, 0.4) is 0 Å². The summed E-state index contributed by atoms with van der Waals surface area (Å²) in [6.07, 6.45) is 2.44. The molecule has 6 heteroatoms. The zero-order valence-electron chi connectivity index (χ0n) is 21.9. The third-order valence-corrected chi connectivity index (χ3v) is 7.23. The first-order valence-corrected chi connectivity index (χ1v) is 13.1. The number of aromatic carboxylic acids is 1. The number of hydrogen-bond acceptors (Lipinski definition) is 3. The fourth-order valence-electron chi connectivity index (χ4n) is 5.13. The molecule has 1 atom stereocenters. The Balaban J connectivity index is 1.39. The lowest BCUT2D eigenvalue weighted by Crippen LogP contribution is -2.28. The summed E-state index contributed by atoms with van der Waals surface area (Å²) in [7, 11) is 0. The fourth-order valence-corrected chi connectivity index (χ4v) is 5.13. The molecule has 3 aromatic heterocycles. The van der Waals surface area contributed by atoms with Crippen molar-refractivity contribution in [2.24, 2.45) is 0 Å². The number of benzene rings is 3. The number of amides is 1. The molecular weight excluding hydrogens is 498 g/mol. The van der Waals surface area contributed by atoms with Gasteiger partial charge in [-0.3, -0.25) is 9.78 Å². The number of rotatable bonds is 7. The van der Waals surface area contributed by atoms with Gasteiger partial charge in [0.2, 0.25) is 0 Å². The Bertz CT molecular complexity index is 1860. The Kier molecular flexibility index (Phi) is 6.58. The molecule has 6 rings (SSSR count). The monoisotopic (exact) mass is 525 g/mol. The van der Waals surface area contributed by atoms with Crippen molar-refractivity contribution >= 4 is 28.3 Å². The summed E-state index contributed by atoms with van der Waals surface area (Å²) in [6.45, 7) is 1.89. The first kappa shape index (κ1) is 25.1. The van der Waals surface area contributed by atoms with E-state index >= 15 is 0 Å². The molecule has 0 radical (unpaired) electrons. The van der Waals surface area contributed by atoms with E-state index in [1.54, 1.807) is 30.5 Å². The van der Waals surface area contributed by atoms with E-state index in [1.807, 2.05) is 59.9 Å². The number of hydrogen-bond donors (Lipinski definition) is 2. The summed E-state index contributed by atoms with van der Waals surface area (Å²) in [4.78, 5) is 29.5. The number of carbonyl (C=O) groups excluding carboxylic acids is 1. The molecule has 3 aromatic carbocycles. The van der Waals surface area contributed by atoms with Crippen LogP contribution in [0.25, 0.3) is 27.5 Å². The second-order valence-electron chi connectivity index (χ2n) is 9.91. The van der Waals surface area contributed by atoms with Crippen LogP contribution in [0.2, 0.25) is 0 Å². The summed E-state index contributed by atoms with van der Waals surface area (Å²) < 4.78 is 2.02. The molecule has 0 fully saturated rings. The number of carbonyl (C=O) groups is 2. The van der Waals surface area contributed by atoms with Gasteiger partial charge in [-0.2, -0.15) is 0 Å². The van der Waals surface area contributed by atoms with Gasteiger partial charge in [-0.25, -0.2) is 4.79 Å². The van der Waals surface area contributed by atoms with Crippen molar-refractivity contribution in [3.8, 4) is 11.1 Å². The molecule has 0 saturated carbocycles. The summed E-state index contributed by atoms with van der Waals surface area (Å²) >= 11 is 0. The highest BCUT2D eigenvalue weighted by Gasteiger charge is 2.19. The number of nitrogens with one attached hydrogen (secondary N) is 1. The zero-order valence-corrected chi connectivity index (χ0v) is 21.9. The summed E-state index contributed by atoms with van der Waals surface area (Å²) in [5.41, 5.74) is 7.57. The van der Waals surface area contributed by atoms with Crippen LogP contribution >= 0.6 is 0 Å². The van der Waals surface area contributed by atoms with Crippen molar-refractivity contribution in [3.05, 3.63) is 143 Å². The van der Waals surface area contributed by atoms with Crippen LogP contribution in [0.4, 0.5) is 0 Å². The topological polar surface area (TPSA) is 83.7 Å². The number of carboxylic acids is 1. The highest BCUT2D eigenvalue weighted by Crippen LogP contribution is 2.27. The Morgan fingerprint density at radius 2 is 1.65 bits per heavy atom. The zero-order chi connectivity index (χ0) is 27.6. The van der Waals surface area contributed by atoms with Gasteiger partial charge in [0, 0.05) is 29.2 Å². The minimum Gasteiger partial charge on any atom is -0.478 e. The average molecular weight is 526 g/mol. The average Bonchev–Trinajstić information content (AvgIpc) is 3.39. The molecule has 0 unspecified atom stereocenters. The lowest BCUT2D eigenvalue weighted by Gasteiger charge is -2.18. The standard InChI is InChI=1S/C34H27N3O3/c1-22(24-10-12-26(13-11-24)34(39)40)36-33(38)32-21-28(25-6-3-2-4-7-25)20-30-15-14-29(37(30)32)19-23-9-16-31-27(18-23)8-5-17-35-31/h2-18,20-22H,19H2,1H3,(H,36,38)(H,39,40)/t22-/m0/s1. The van der Waals surface area contributed by atoms with Crippen LogP contribution in [0.1, 0.15) is 50.6 Å². The van der Waals surface area contributed by atoms with E-state index in [9.17, 15) is 14.7 Å². The van der Waals surface area contributed by atoms with Gasteiger partial charge in [-0.1, -0.05) is 54.6 Å². The molecule has 1 amide bonds. The van der Waals surface area contributed by atoms with Crippen LogP contribution in [0.5, 0.6) is 0 Å². The van der Waals surface area contributed by atoms with E-state index in [1.165, 1.54) is 0 Å². The lowest BCUT2D eigenvalue weighted by molar-refractivity contribution is 0.0696. The van der Waals surface area contributed by atoms with Crippen LogP contribution in [-0.2, 0) is 6.42 Å². The minimum atomic E-state index is -0.980. The Labute approximate surface area is 231 Å². The molecule has 196 valence electrons. The maximum absolute atomic E-state index is 13.8. The van der Waals surface area contributed by atoms with Gasteiger partial charge in [0.25, 0.3) is 5.91 Å². The van der Waals surface area contributed by atoms with Crippen molar-refractivity contribution < 1.29 is 14.7 Å². The minimum absolute atomic E-state index is 0.209.